The summed E-state index contributed by atoms with van der Waals surface area (Å²) in [7, 11) is 1.55. The van der Waals surface area contributed by atoms with Gasteiger partial charge < -0.3 is 4.74 Å². The smallest absolute Gasteiger partial charge is 0.281 e. The monoisotopic (exact) mass is 492 g/mol. The van der Waals surface area contributed by atoms with Crippen molar-refractivity contribution in [2.75, 3.05) is 7.11 Å². The van der Waals surface area contributed by atoms with Crippen molar-refractivity contribution in [1.29, 1.82) is 0 Å². The highest BCUT2D eigenvalue weighted by molar-refractivity contribution is 9.13. The minimum absolute atomic E-state index is 0.355. The number of nitrogens with zero attached hydrogens (tertiary/aromatic N) is 2. The Morgan fingerprint density at radius 1 is 1.15 bits per heavy atom. The third kappa shape index (κ3) is 3.12. The number of hydrogen-bond acceptors (Lipinski definition) is 4. The standard InChI is InChI=1S/C20H18Br2N2O3/c1-13-20(22,19(2,21)15-7-5-4-6-8-15)18(26)24(23-13)17(25)14-9-11-16(27-3)12-10-14/h4-12H,1-3H3. The lowest BCUT2D eigenvalue weighted by Crippen LogP contribution is -2.53. The van der Waals surface area contributed by atoms with Crippen LogP contribution in [0.4, 0.5) is 0 Å². The molecule has 2 atom stereocenters. The lowest BCUT2D eigenvalue weighted by molar-refractivity contribution is -0.128. The summed E-state index contributed by atoms with van der Waals surface area (Å²) in [4.78, 5) is 26.2. The number of amides is 2. The van der Waals surface area contributed by atoms with Crippen LogP contribution >= 0.6 is 31.9 Å². The van der Waals surface area contributed by atoms with Crippen LogP contribution in [0.5, 0.6) is 5.75 Å². The van der Waals surface area contributed by atoms with E-state index in [0.29, 0.717) is 17.0 Å². The molecule has 0 N–H and O–H groups in total. The van der Waals surface area contributed by atoms with E-state index in [9.17, 15) is 9.59 Å². The van der Waals surface area contributed by atoms with Crippen LogP contribution in [-0.2, 0) is 9.12 Å². The minimum atomic E-state index is -1.19. The van der Waals surface area contributed by atoms with Gasteiger partial charge in [0, 0.05) is 5.56 Å². The van der Waals surface area contributed by atoms with Crippen molar-refractivity contribution in [1.82, 2.24) is 5.01 Å². The first-order valence-corrected chi connectivity index (χ1v) is 9.84. The van der Waals surface area contributed by atoms with E-state index in [1.54, 1.807) is 38.3 Å². The van der Waals surface area contributed by atoms with Gasteiger partial charge in [0.1, 0.15) is 5.75 Å². The van der Waals surface area contributed by atoms with Crippen LogP contribution in [0, 0.1) is 0 Å². The highest BCUT2D eigenvalue weighted by Gasteiger charge is 2.60. The predicted octanol–water partition coefficient (Wildman–Crippen LogP) is 4.50. The van der Waals surface area contributed by atoms with Crippen molar-refractivity contribution in [3.63, 3.8) is 0 Å². The Bertz CT molecular complexity index is 911. The number of rotatable bonds is 4. The Morgan fingerprint density at radius 3 is 2.30 bits per heavy atom. The molecule has 7 heteroatoms. The Labute approximate surface area is 174 Å². The number of carbonyl (C=O) groups excluding carboxylic acids is 2. The molecule has 1 aliphatic heterocycles. The Morgan fingerprint density at radius 2 is 1.74 bits per heavy atom. The number of alkyl halides is 2. The quantitative estimate of drug-likeness (QED) is 0.465. The second kappa shape index (κ2) is 7.20. The first-order chi connectivity index (χ1) is 12.7. The molecular weight excluding hydrogens is 476 g/mol. The summed E-state index contributed by atoms with van der Waals surface area (Å²) >= 11 is 7.30. The van der Waals surface area contributed by atoms with Crippen LogP contribution in [0.25, 0.3) is 0 Å². The highest BCUT2D eigenvalue weighted by atomic mass is 79.9. The van der Waals surface area contributed by atoms with Crippen molar-refractivity contribution in [3.8, 4) is 5.75 Å². The molecule has 2 aromatic rings. The zero-order valence-electron chi connectivity index (χ0n) is 15.1. The molecule has 1 aliphatic rings. The lowest BCUT2D eigenvalue weighted by Gasteiger charge is -2.36. The van der Waals surface area contributed by atoms with Gasteiger partial charge >= 0.3 is 0 Å². The van der Waals surface area contributed by atoms with Gasteiger partial charge in [-0.05, 0) is 43.7 Å². The maximum absolute atomic E-state index is 13.3. The van der Waals surface area contributed by atoms with Crippen LogP contribution in [0.2, 0.25) is 0 Å². The van der Waals surface area contributed by atoms with E-state index >= 15 is 0 Å². The number of hydrogen-bond donors (Lipinski definition) is 0. The number of benzene rings is 2. The molecule has 0 fully saturated rings. The maximum Gasteiger partial charge on any atom is 0.281 e. The van der Waals surface area contributed by atoms with Gasteiger partial charge in [-0.1, -0.05) is 62.2 Å². The molecule has 0 radical (unpaired) electrons. The van der Waals surface area contributed by atoms with Crippen molar-refractivity contribution in [3.05, 3.63) is 65.7 Å². The fraction of sp³-hybridized carbons (Fsp3) is 0.250. The molecule has 2 aromatic carbocycles. The molecule has 0 saturated heterocycles. The summed E-state index contributed by atoms with van der Waals surface area (Å²) in [6.45, 7) is 3.62. The summed E-state index contributed by atoms with van der Waals surface area (Å²) in [6.07, 6.45) is 0. The van der Waals surface area contributed by atoms with Crippen LogP contribution in [-0.4, -0.2) is 34.0 Å². The summed E-state index contributed by atoms with van der Waals surface area (Å²) in [5.74, 6) is -0.297. The van der Waals surface area contributed by atoms with Crippen LogP contribution in [0.3, 0.4) is 0 Å². The van der Waals surface area contributed by atoms with Crippen molar-refractivity contribution in [2.45, 2.75) is 22.5 Å². The minimum Gasteiger partial charge on any atom is -0.497 e. The number of methoxy groups -OCH3 is 1. The lowest BCUT2D eigenvalue weighted by atomic mass is 9.84. The van der Waals surface area contributed by atoms with E-state index in [4.69, 9.17) is 4.74 Å². The van der Waals surface area contributed by atoms with E-state index in [1.807, 2.05) is 37.3 Å². The predicted molar refractivity (Wildman–Crippen MR) is 112 cm³/mol. The van der Waals surface area contributed by atoms with Crippen LogP contribution in [0.1, 0.15) is 29.8 Å². The fourth-order valence-electron chi connectivity index (χ4n) is 3.05. The Hall–Kier alpha value is -1.99. The molecule has 27 heavy (non-hydrogen) atoms. The molecule has 140 valence electrons. The first-order valence-electron chi connectivity index (χ1n) is 8.25. The van der Waals surface area contributed by atoms with Gasteiger partial charge in [0.05, 0.1) is 17.1 Å². The number of ether oxygens (including phenoxy) is 1. The Kier molecular flexibility index (Phi) is 5.27. The molecule has 2 unspecified atom stereocenters. The average Bonchev–Trinajstić information content (AvgIpc) is 2.93. The molecule has 1 heterocycles. The summed E-state index contributed by atoms with van der Waals surface area (Å²) in [5.41, 5.74) is 1.74. The van der Waals surface area contributed by atoms with E-state index in [2.05, 4.69) is 37.0 Å². The van der Waals surface area contributed by atoms with Crippen LogP contribution in [0.15, 0.2) is 59.7 Å². The summed E-state index contributed by atoms with van der Waals surface area (Å²) in [6, 6.07) is 16.1. The fourth-order valence-corrected chi connectivity index (χ4v) is 4.25. The number of carbonyl (C=O) groups is 2. The van der Waals surface area contributed by atoms with E-state index < -0.39 is 20.5 Å². The Balaban J connectivity index is 1.96. The molecule has 0 saturated carbocycles. The van der Waals surface area contributed by atoms with Gasteiger partial charge in [0.15, 0.2) is 4.32 Å². The van der Waals surface area contributed by atoms with Gasteiger partial charge in [-0.3, -0.25) is 9.59 Å². The van der Waals surface area contributed by atoms with E-state index in [1.165, 1.54) is 0 Å². The zero-order chi connectivity index (χ0) is 19.8. The van der Waals surface area contributed by atoms with E-state index in [0.717, 1.165) is 10.6 Å². The largest absolute Gasteiger partial charge is 0.497 e. The molecule has 0 spiro atoms. The second-order valence-corrected chi connectivity index (χ2v) is 9.14. The van der Waals surface area contributed by atoms with E-state index in [-0.39, 0.29) is 0 Å². The van der Waals surface area contributed by atoms with Gasteiger partial charge in [0.25, 0.3) is 11.8 Å². The molecule has 0 aliphatic carbocycles. The third-order valence-electron chi connectivity index (χ3n) is 4.73. The molecule has 3 rings (SSSR count). The van der Waals surface area contributed by atoms with Crippen molar-refractivity contribution in [2.24, 2.45) is 5.10 Å². The van der Waals surface area contributed by atoms with Crippen molar-refractivity contribution < 1.29 is 14.3 Å². The second-order valence-electron chi connectivity index (χ2n) is 6.36. The molecule has 0 bridgehead atoms. The van der Waals surface area contributed by atoms with Gasteiger partial charge in [-0.2, -0.15) is 10.1 Å². The number of halogens is 2. The highest BCUT2D eigenvalue weighted by Crippen LogP contribution is 2.50. The normalized spacial score (nSPS) is 21.6. The molecule has 0 aromatic heterocycles. The number of hydrazone groups is 1. The molecule has 2 amide bonds. The summed E-state index contributed by atoms with van der Waals surface area (Å²) in [5, 5.41) is 5.20. The average molecular weight is 494 g/mol. The topological polar surface area (TPSA) is 59.0 Å². The van der Waals surface area contributed by atoms with Gasteiger partial charge in [0.2, 0.25) is 0 Å². The first kappa shape index (κ1) is 19.8. The van der Waals surface area contributed by atoms with Gasteiger partial charge in [-0.25, -0.2) is 0 Å². The van der Waals surface area contributed by atoms with Crippen molar-refractivity contribution >= 4 is 49.4 Å². The maximum atomic E-state index is 13.3. The third-order valence-corrected chi connectivity index (χ3v) is 8.02. The molecule has 5 nitrogen and oxygen atoms in total. The van der Waals surface area contributed by atoms with Crippen LogP contribution < -0.4 is 4.74 Å². The number of imide groups is 1. The van der Waals surface area contributed by atoms with Gasteiger partial charge in [-0.15, -0.1) is 0 Å². The SMILES string of the molecule is COc1ccc(C(=O)N2N=C(C)C(Br)(C(C)(Br)c3ccccc3)C2=O)cc1. The zero-order valence-corrected chi connectivity index (χ0v) is 18.2. The molecular formula is C20H18Br2N2O3. The summed E-state index contributed by atoms with van der Waals surface area (Å²) < 4.78 is 3.11.